The number of amides is 1. The van der Waals surface area contributed by atoms with Gasteiger partial charge in [0.15, 0.2) is 6.61 Å². The van der Waals surface area contributed by atoms with E-state index in [4.69, 9.17) is 4.74 Å². The highest BCUT2D eigenvalue weighted by Gasteiger charge is 2.33. The number of nitrogens with one attached hydrogen (secondary N) is 1. The van der Waals surface area contributed by atoms with Gasteiger partial charge in [-0.15, -0.1) is 0 Å². The fourth-order valence-corrected chi connectivity index (χ4v) is 3.26. The first-order valence-corrected chi connectivity index (χ1v) is 8.41. The minimum atomic E-state index is -0.698. The van der Waals surface area contributed by atoms with E-state index in [-0.39, 0.29) is 12.5 Å². The predicted molar refractivity (Wildman–Crippen MR) is 90.3 cm³/mol. The third-order valence-corrected chi connectivity index (χ3v) is 4.53. The van der Waals surface area contributed by atoms with Crippen LogP contribution in [-0.4, -0.2) is 18.1 Å². The topological polar surface area (TPSA) is 62.1 Å². The van der Waals surface area contributed by atoms with Crippen molar-refractivity contribution in [3.05, 3.63) is 29.3 Å². The number of ether oxygens (including phenoxy) is 1. The van der Waals surface area contributed by atoms with E-state index < -0.39 is 5.54 Å². The van der Waals surface area contributed by atoms with Crippen molar-refractivity contribution in [2.24, 2.45) is 0 Å². The normalized spacial score (nSPS) is 16.7. The average molecular weight is 314 g/mol. The van der Waals surface area contributed by atoms with Gasteiger partial charge in [0.2, 0.25) is 0 Å². The molecule has 0 aliphatic heterocycles. The highest BCUT2D eigenvalue weighted by molar-refractivity contribution is 5.78. The van der Waals surface area contributed by atoms with Crippen LogP contribution in [0.1, 0.15) is 63.0 Å². The van der Waals surface area contributed by atoms with Crippen LogP contribution in [0.2, 0.25) is 0 Å². The van der Waals surface area contributed by atoms with Crippen molar-refractivity contribution >= 4 is 5.91 Å². The quantitative estimate of drug-likeness (QED) is 0.898. The molecule has 0 spiro atoms. The second-order valence-electron chi connectivity index (χ2n) is 6.76. The summed E-state index contributed by atoms with van der Waals surface area (Å²) in [6.45, 7) is 6.31. The van der Waals surface area contributed by atoms with Gasteiger partial charge in [-0.3, -0.25) is 4.79 Å². The lowest BCUT2D eigenvalue weighted by molar-refractivity contribution is -0.124. The fourth-order valence-electron chi connectivity index (χ4n) is 3.26. The Kier molecular flexibility index (Phi) is 5.65. The zero-order chi connectivity index (χ0) is 16.9. The van der Waals surface area contributed by atoms with Crippen LogP contribution < -0.4 is 10.1 Å². The van der Waals surface area contributed by atoms with Crippen LogP contribution in [0.4, 0.5) is 0 Å². The molecule has 124 valence electrons. The molecule has 0 heterocycles. The summed E-state index contributed by atoms with van der Waals surface area (Å²) in [5, 5.41) is 12.3. The molecule has 1 aromatic rings. The molecule has 1 aliphatic rings. The summed E-state index contributed by atoms with van der Waals surface area (Å²) in [4.78, 5) is 12.1. The van der Waals surface area contributed by atoms with Crippen LogP contribution in [0.5, 0.6) is 5.75 Å². The Balaban J connectivity index is 1.91. The van der Waals surface area contributed by atoms with Crippen LogP contribution >= 0.6 is 0 Å². The Labute approximate surface area is 138 Å². The first-order valence-electron chi connectivity index (χ1n) is 8.41. The highest BCUT2D eigenvalue weighted by Crippen LogP contribution is 2.27. The van der Waals surface area contributed by atoms with Gasteiger partial charge >= 0.3 is 0 Å². The van der Waals surface area contributed by atoms with Crippen LogP contribution in [0.3, 0.4) is 0 Å². The molecule has 1 amide bonds. The minimum Gasteiger partial charge on any atom is -0.484 e. The number of hydrogen-bond acceptors (Lipinski definition) is 3. The van der Waals surface area contributed by atoms with Gasteiger partial charge in [-0.2, -0.15) is 5.26 Å². The van der Waals surface area contributed by atoms with Crippen LogP contribution in [0, 0.1) is 18.3 Å². The maximum Gasteiger partial charge on any atom is 0.259 e. The lowest BCUT2D eigenvalue weighted by Crippen LogP contribution is -2.50. The Morgan fingerprint density at radius 2 is 2.04 bits per heavy atom. The molecular weight excluding hydrogens is 288 g/mol. The van der Waals surface area contributed by atoms with Gasteiger partial charge in [0.05, 0.1) is 6.07 Å². The summed E-state index contributed by atoms with van der Waals surface area (Å²) in [5.41, 5.74) is 1.75. The van der Waals surface area contributed by atoms with Crippen molar-refractivity contribution in [1.29, 1.82) is 5.26 Å². The lowest BCUT2D eigenvalue weighted by Gasteiger charge is -2.31. The molecular formula is C19H26N2O2. The zero-order valence-corrected chi connectivity index (χ0v) is 14.3. The van der Waals surface area contributed by atoms with E-state index >= 15 is 0 Å². The largest absolute Gasteiger partial charge is 0.484 e. The number of hydrogen-bond donors (Lipinski definition) is 1. The SMILES string of the molecule is Cc1cc(OCC(=O)NC2(C#N)CCCCC2)ccc1C(C)C. The van der Waals surface area contributed by atoms with Gasteiger partial charge < -0.3 is 10.1 Å². The van der Waals surface area contributed by atoms with Gasteiger partial charge in [0, 0.05) is 0 Å². The van der Waals surface area contributed by atoms with E-state index in [1.807, 2.05) is 18.2 Å². The summed E-state index contributed by atoms with van der Waals surface area (Å²) >= 11 is 0. The van der Waals surface area contributed by atoms with E-state index in [0.717, 1.165) is 32.1 Å². The number of rotatable bonds is 5. The number of carbonyl (C=O) groups is 1. The summed E-state index contributed by atoms with van der Waals surface area (Å²) in [6.07, 6.45) is 4.58. The van der Waals surface area contributed by atoms with Crippen molar-refractivity contribution in [3.63, 3.8) is 0 Å². The molecule has 1 aromatic carbocycles. The number of carbonyl (C=O) groups excluding carboxylic acids is 1. The van der Waals surface area contributed by atoms with Gasteiger partial charge in [0.1, 0.15) is 11.3 Å². The smallest absolute Gasteiger partial charge is 0.259 e. The minimum absolute atomic E-state index is 0.0517. The third kappa shape index (κ3) is 4.48. The van der Waals surface area contributed by atoms with Crippen molar-refractivity contribution in [2.45, 2.75) is 64.3 Å². The number of aryl methyl sites for hydroxylation is 1. The summed E-state index contributed by atoms with van der Waals surface area (Å²) in [7, 11) is 0. The van der Waals surface area contributed by atoms with Crippen molar-refractivity contribution in [1.82, 2.24) is 5.32 Å². The second kappa shape index (κ2) is 7.50. The van der Waals surface area contributed by atoms with E-state index in [9.17, 15) is 10.1 Å². The molecule has 0 unspecified atom stereocenters. The first-order chi connectivity index (χ1) is 11.0. The maximum atomic E-state index is 12.1. The average Bonchev–Trinajstić information content (AvgIpc) is 2.53. The molecule has 0 aromatic heterocycles. The highest BCUT2D eigenvalue weighted by atomic mass is 16.5. The molecule has 0 atom stereocenters. The second-order valence-corrected chi connectivity index (χ2v) is 6.76. The molecule has 2 rings (SSSR count). The molecule has 1 fully saturated rings. The van der Waals surface area contributed by atoms with Crippen LogP contribution in [0.25, 0.3) is 0 Å². The molecule has 0 bridgehead atoms. The Morgan fingerprint density at radius 1 is 1.35 bits per heavy atom. The Morgan fingerprint density at radius 3 is 2.61 bits per heavy atom. The van der Waals surface area contributed by atoms with E-state index in [0.29, 0.717) is 11.7 Å². The van der Waals surface area contributed by atoms with Gasteiger partial charge in [-0.25, -0.2) is 0 Å². The lowest BCUT2D eigenvalue weighted by atomic mass is 9.83. The predicted octanol–water partition coefficient (Wildman–Crippen LogP) is 3.84. The van der Waals surface area contributed by atoms with Gasteiger partial charge in [-0.05, 0) is 48.9 Å². The summed E-state index contributed by atoms with van der Waals surface area (Å²) in [6, 6.07) is 8.20. The molecule has 4 nitrogen and oxygen atoms in total. The van der Waals surface area contributed by atoms with Crippen molar-refractivity contribution < 1.29 is 9.53 Å². The molecule has 1 saturated carbocycles. The number of benzene rings is 1. The standard InChI is InChI=1S/C19H26N2O2/c1-14(2)17-8-7-16(11-15(17)3)23-12-18(22)21-19(13-20)9-5-4-6-10-19/h7-8,11,14H,4-6,9-10,12H2,1-3H3,(H,21,22). The zero-order valence-electron chi connectivity index (χ0n) is 14.3. The number of nitriles is 1. The van der Waals surface area contributed by atoms with E-state index in [2.05, 4.69) is 32.2 Å². The van der Waals surface area contributed by atoms with Crippen LogP contribution in [-0.2, 0) is 4.79 Å². The van der Waals surface area contributed by atoms with Gasteiger partial charge in [-0.1, -0.05) is 39.2 Å². The molecule has 1 aliphatic carbocycles. The number of nitrogens with zero attached hydrogens (tertiary/aromatic N) is 1. The molecule has 4 heteroatoms. The summed E-state index contributed by atoms with van der Waals surface area (Å²) < 4.78 is 5.59. The van der Waals surface area contributed by atoms with E-state index in [1.54, 1.807) is 0 Å². The monoisotopic (exact) mass is 314 g/mol. The molecule has 0 radical (unpaired) electrons. The molecule has 23 heavy (non-hydrogen) atoms. The van der Waals surface area contributed by atoms with Crippen LogP contribution in [0.15, 0.2) is 18.2 Å². The summed E-state index contributed by atoms with van der Waals surface area (Å²) in [5.74, 6) is 0.935. The van der Waals surface area contributed by atoms with Crippen molar-refractivity contribution in [2.75, 3.05) is 6.61 Å². The van der Waals surface area contributed by atoms with Crippen molar-refractivity contribution in [3.8, 4) is 11.8 Å². The Hall–Kier alpha value is -2.02. The molecule has 0 saturated heterocycles. The first kappa shape index (κ1) is 17.3. The molecule has 1 N–H and O–H groups in total. The maximum absolute atomic E-state index is 12.1. The van der Waals surface area contributed by atoms with Gasteiger partial charge in [0.25, 0.3) is 5.91 Å². The van der Waals surface area contributed by atoms with E-state index in [1.165, 1.54) is 11.1 Å². The fraction of sp³-hybridized carbons (Fsp3) is 0.579. The third-order valence-electron chi connectivity index (χ3n) is 4.53. The Bertz CT molecular complexity index is 596.